The molecule has 10 nitrogen and oxygen atoms in total. The Kier molecular flexibility index (Phi) is 41.2. The van der Waals surface area contributed by atoms with Gasteiger partial charge in [-0.1, -0.05) is 387 Å². The van der Waals surface area contributed by atoms with E-state index in [2.05, 4.69) is 295 Å². The number of hydrogen-bond donors (Lipinski definition) is 3. The molecule has 5 aliphatic heterocycles. The highest BCUT2D eigenvalue weighted by atomic mass is 16.1. The fraction of sp³-hybridized carbons (Fsp3) is 0.272. The zero-order chi connectivity index (χ0) is 90.7. The molecule has 13 aromatic rings. The van der Waals surface area contributed by atoms with E-state index in [0.29, 0.717) is 0 Å². The number of Topliss-reactive ketones (excluding diaryl/α,β-unsaturated/α-hetero) is 5. The standard InChI is InChI=1S/2C27H27NO.C24H23NO.C22H25NO.C20H21NO.5CH4/c1-21(29)23-12-14-25(15-13-23)27(24-10-6-3-7-11-24)26-16-18-28(19-17-26)20-22-8-4-2-5-9-22;1-3-17-28-18-15-24(16-19-28)27(23-13-11-21(12-14-23)20(2)29)26-10-6-8-22-7-4-5-9-25(22)26;1-17(26)18-9-11-20(12-10-18)24(21-13-15-25-16-14-21)23-8-4-6-19-5-2-3-7-22(19)23;1-15-5-4-6-16(2)21(15)22(20-11-13-23-14-12-20)19-9-7-18(8-10-19)17(3)24;1-15(22)16-7-9-18(10-8-16)20(17-5-3-2-4-6-17)19-11-13-21-14-12-19;;;;;/h2-15H,16-20H2,1H3;3-14H,1,15-19H2,2H3;2-12,25H,13-16H2,1H3;4-10,23H,11-14H2,1-3H3;2-10,21H,11-14H2,1H3;5*1H4. The third-order valence-electron chi connectivity index (χ3n) is 25.8. The SMILES string of the molecule is C.C.C.C.C.C=CCN1CCC(=C(c2ccc(C(C)=O)cc2)c2cccc3ccccc23)CC1.CC(=O)c1ccc(C(=C2CCN(Cc3ccccc3)CC2)c2ccccc2)cc1.CC(=O)c1ccc(C(=C2CCNCC2)c2c(C)cccc2C)cc1.CC(=O)c1ccc(C(=C2CCNCC2)c2cccc3ccccc23)cc1.CC(=O)c1ccc(C(=C2CCNCC2)c2ccccc2)cc1. The van der Waals surface area contributed by atoms with Crippen molar-refractivity contribution >= 4 is 78.3 Å². The number of likely N-dealkylation sites (tertiary alicyclic amines) is 2. The van der Waals surface area contributed by atoms with Gasteiger partial charge in [0.25, 0.3) is 0 Å². The number of hydrogen-bond acceptors (Lipinski definition) is 10. The molecule has 5 saturated heterocycles. The number of aryl methyl sites for hydroxylation is 2. The zero-order valence-electron chi connectivity index (χ0n) is 76.8. The maximum atomic E-state index is 11.7. The van der Waals surface area contributed by atoms with Crippen LogP contribution in [0, 0.1) is 13.8 Å². The van der Waals surface area contributed by atoms with E-state index in [0.717, 1.165) is 171 Å². The van der Waals surface area contributed by atoms with Crippen molar-refractivity contribution in [2.75, 3.05) is 72.0 Å². The molecule has 0 aliphatic carbocycles. The van der Waals surface area contributed by atoms with Crippen LogP contribution in [-0.2, 0) is 6.54 Å². The molecule has 0 amide bonds. The minimum atomic E-state index is 0. The molecule has 698 valence electrons. The fourth-order valence-electron chi connectivity index (χ4n) is 18.9. The summed E-state index contributed by atoms with van der Waals surface area (Å²) >= 11 is 0. The van der Waals surface area contributed by atoms with Gasteiger partial charge in [0.1, 0.15) is 0 Å². The monoisotopic (exact) mass is 1790 g/mol. The Balaban J connectivity index is 0.000000188. The highest BCUT2D eigenvalue weighted by Crippen LogP contribution is 2.41. The molecular formula is C125H143N5O5. The smallest absolute Gasteiger partial charge is 0.159 e. The molecule has 0 radical (unpaired) electrons. The van der Waals surface area contributed by atoms with Crippen molar-refractivity contribution in [1.82, 2.24) is 25.8 Å². The van der Waals surface area contributed by atoms with Gasteiger partial charge in [-0.2, -0.15) is 0 Å². The maximum Gasteiger partial charge on any atom is 0.159 e. The van der Waals surface area contributed by atoms with Crippen LogP contribution >= 0.6 is 0 Å². The van der Waals surface area contributed by atoms with E-state index in [1.807, 2.05) is 72.8 Å². The van der Waals surface area contributed by atoms with Crippen LogP contribution in [0.5, 0.6) is 0 Å². The predicted octanol–water partition coefficient (Wildman–Crippen LogP) is 29.3. The van der Waals surface area contributed by atoms with Crippen LogP contribution in [0.3, 0.4) is 0 Å². The third kappa shape index (κ3) is 27.8. The Morgan fingerprint density at radius 3 is 0.844 bits per heavy atom. The van der Waals surface area contributed by atoms with Gasteiger partial charge in [0.15, 0.2) is 28.9 Å². The first-order chi connectivity index (χ1) is 63.4. The molecular weight excluding hydrogens is 1650 g/mol. The van der Waals surface area contributed by atoms with Gasteiger partial charge in [0, 0.05) is 67.1 Å². The normalized spacial score (nSPS) is 14.1. The highest BCUT2D eigenvalue weighted by molar-refractivity contribution is 6.03. The van der Waals surface area contributed by atoms with Gasteiger partial charge in [0.05, 0.1) is 0 Å². The molecule has 0 spiro atoms. The number of nitrogens with one attached hydrogen (secondary N) is 3. The summed E-state index contributed by atoms with van der Waals surface area (Å²) in [7, 11) is 0. The second-order valence-electron chi connectivity index (χ2n) is 34.7. The van der Waals surface area contributed by atoms with Crippen molar-refractivity contribution in [2.24, 2.45) is 0 Å². The van der Waals surface area contributed by atoms with E-state index in [4.69, 9.17) is 0 Å². The average Bonchev–Trinajstić information content (AvgIpc) is 0.787. The van der Waals surface area contributed by atoms with E-state index >= 15 is 0 Å². The third-order valence-corrected chi connectivity index (χ3v) is 25.8. The lowest BCUT2D eigenvalue weighted by atomic mass is 9.84. The Labute approximate surface area is 807 Å². The first-order valence-corrected chi connectivity index (χ1v) is 46.5. The lowest BCUT2D eigenvalue weighted by Gasteiger charge is -2.30. The molecule has 0 saturated carbocycles. The second-order valence-corrected chi connectivity index (χ2v) is 34.7. The number of carbonyl (C=O) groups excluding carboxylic acids is 5. The van der Waals surface area contributed by atoms with Gasteiger partial charge in [-0.3, -0.25) is 33.8 Å². The molecule has 5 fully saturated rings. The Hall–Kier alpha value is -13.0. The summed E-state index contributed by atoms with van der Waals surface area (Å²) in [4.78, 5) is 63.1. The van der Waals surface area contributed by atoms with Gasteiger partial charge >= 0.3 is 0 Å². The van der Waals surface area contributed by atoms with Gasteiger partial charge < -0.3 is 16.0 Å². The molecule has 18 rings (SSSR count). The first-order valence-electron chi connectivity index (χ1n) is 46.5. The van der Waals surface area contributed by atoms with Crippen LogP contribution in [0.25, 0.3) is 49.4 Å². The number of ketones is 5. The molecule has 0 atom stereocenters. The zero-order valence-corrected chi connectivity index (χ0v) is 76.8. The number of nitrogens with zero attached hydrogens (tertiary/aromatic N) is 2. The lowest BCUT2D eigenvalue weighted by molar-refractivity contribution is 0.100. The lowest BCUT2D eigenvalue weighted by Crippen LogP contribution is -2.31. The van der Waals surface area contributed by atoms with Crippen molar-refractivity contribution < 1.29 is 24.0 Å². The molecule has 0 bridgehead atoms. The highest BCUT2D eigenvalue weighted by Gasteiger charge is 2.25. The Bertz CT molecular complexity index is 6220. The topological polar surface area (TPSA) is 128 Å². The Morgan fingerprint density at radius 1 is 0.267 bits per heavy atom. The van der Waals surface area contributed by atoms with Crippen LogP contribution in [0.15, 0.2) is 356 Å². The molecule has 10 heteroatoms. The molecule has 135 heavy (non-hydrogen) atoms. The number of benzene rings is 13. The van der Waals surface area contributed by atoms with Crippen molar-refractivity contribution in [1.29, 1.82) is 0 Å². The second kappa shape index (κ2) is 52.6. The van der Waals surface area contributed by atoms with E-state index in [-0.39, 0.29) is 66.0 Å². The summed E-state index contributed by atoms with van der Waals surface area (Å²) in [5.41, 5.74) is 34.5. The molecule has 0 aromatic heterocycles. The number of rotatable bonds is 19. The number of piperidine rings is 5. The summed E-state index contributed by atoms with van der Waals surface area (Å²) in [6.45, 7) is 28.8. The molecule has 0 unspecified atom stereocenters. The fourth-order valence-corrected chi connectivity index (χ4v) is 18.9. The summed E-state index contributed by atoms with van der Waals surface area (Å²) in [6.07, 6.45) is 12.7. The first kappa shape index (κ1) is 106. The minimum Gasteiger partial charge on any atom is -0.316 e. The van der Waals surface area contributed by atoms with Crippen molar-refractivity contribution in [3.63, 3.8) is 0 Å². The average molecular weight is 1800 g/mol. The van der Waals surface area contributed by atoms with Gasteiger partial charge in [-0.15, -0.1) is 6.58 Å². The van der Waals surface area contributed by atoms with Crippen molar-refractivity contribution in [2.45, 2.75) is 156 Å². The molecule has 5 aliphatic rings. The summed E-state index contributed by atoms with van der Waals surface area (Å²) < 4.78 is 0. The van der Waals surface area contributed by atoms with Crippen LogP contribution < -0.4 is 16.0 Å². The predicted molar refractivity (Wildman–Crippen MR) is 576 cm³/mol. The van der Waals surface area contributed by atoms with Crippen LogP contribution in [0.1, 0.15) is 260 Å². The summed E-state index contributed by atoms with van der Waals surface area (Å²) in [5.74, 6) is 0.554. The number of fused-ring (bicyclic) bond motifs is 2. The van der Waals surface area contributed by atoms with E-state index in [9.17, 15) is 24.0 Å². The van der Waals surface area contributed by atoms with Gasteiger partial charge in [-0.05, 0) is 274 Å². The molecule has 5 heterocycles. The number of carbonyl (C=O) groups is 5. The van der Waals surface area contributed by atoms with Crippen molar-refractivity contribution in [3.8, 4) is 0 Å². The Morgan fingerprint density at radius 2 is 0.511 bits per heavy atom. The van der Waals surface area contributed by atoms with Crippen molar-refractivity contribution in [3.05, 3.63) is 456 Å². The van der Waals surface area contributed by atoms with E-state index in [1.54, 1.807) is 34.6 Å². The summed E-state index contributed by atoms with van der Waals surface area (Å²) in [6, 6.07) is 109. The van der Waals surface area contributed by atoms with Gasteiger partial charge in [-0.25, -0.2) is 0 Å². The van der Waals surface area contributed by atoms with Crippen LogP contribution in [0.4, 0.5) is 0 Å². The van der Waals surface area contributed by atoms with E-state index < -0.39 is 0 Å². The van der Waals surface area contributed by atoms with E-state index in [1.165, 1.54) is 150 Å². The largest absolute Gasteiger partial charge is 0.316 e. The molecule has 3 N–H and O–H groups in total. The minimum absolute atomic E-state index is 0. The quantitative estimate of drug-likeness (QED) is 0.0532. The van der Waals surface area contributed by atoms with Crippen LogP contribution in [-0.4, -0.2) is 111 Å². The van der Waals surface area contributed by atoms with Crippen LogP contribution in [0.2, 0.25) is 0 Å². The summed E-state index contributed by atoms with van der Waals surface area (Å²) in [5, 5.41) is 15.4. The molecule has 13 aromatic carbocycles. The van der Waals surface area contributed by atoms with Gasteiger partial charge in [0.2, 0.25) is 0 Å². The maximum absolute atomic E-state index is 11.7.